The molecule has 0 amide bonds. The second-order valence-electron chi connectivity index (χ2n) is 2.74. The Morgan fingerprint density at radius 3 is 2.54 bits per heavy atom. The van der Waals surface area contributed by atoms with Crippen LogP contribution >= 0.6 is 0 Å². The highest BCUT2D eigenvalue weighted by Gasteiger charge is 1.92. The molecule has 0 saturated carbocycles. The Kier molecular flexibility index (Phi) is 6.73. The van der Waals surface area contributed by atoms with Crippen LogP contribution in [0.25, 0.3) is 0 Å². The summed E-state index contributed by atoms with van der Waals surface area (Å²) in [6.07, 6.45) is 5.95. The first kappa shape index (κ1) is 11.8. The molecule has 1 N–H and O–H groups in total. The molecule has 0 aliphatic rings. The third-order valence-electron chi connectivity index (χ3n) is 1.63. The van der Waals surface area contributed by atoms with Crippen LogP contribution in [0, 0.1) is 0 Å². The predicted octanol–water partition coefficient (Wildman–Crippen LogP) is 1.03. The van der Waals surface area contributed by atoms with Gasteiger partial charge in [-0.3, -0.25) is 9.59 Å². The lowest BCUT2D eigenvalue weighted by molar-refractivity contribution is -0.105. The minimum Gasteiger partial charge on any atom is -0.392 e. The maximum absolute atomic E-state index is 10.2. The van der Waals surface area contributed by atoms with Gasteiger partial charge in [-0.05, 0) is 25.8 Å². The third-order valence-corrected chi connectivity index (χ3v) is 1.63. The molecule has 0 radical (unpaired) electrons. The summed E-state index contributed by atoms with van der Waals surface area (Å²) in [5, 5.41) is 8.62. The summed E-state index contributed by atoms with van der Waals surface area (Å²) in [7, 11) is 0. The Morgan fingerprint density at radius 1 is 1.38 bits per heavy atom. The van der Waals surface area contributed by atoms with Crippen LogP contribution in [0.2, 0.25) is 0 Å². The van der Waals surface area contributed by atoms with Crippen LogP contribution in [-0.4, -0.2) is 24.3 Å². The molecule has 0 aromatic carbocycles. The van der Waals surface area contributed by atoms with Crippen molar-refractivity contribution in [2.75, 3.05) is 6.61 Å². The highest BCUT2D eigenvalue weighted by atomic mass is 16.3. The molecule has 3 nitrogen and oxygen atoms in total. The second-order valence-corrected chi connectivity index (χ2v) is 2.74. The molecule has 72 valence electrons. The largest absolute Gasteiger partial charge is 0.392 e. The van der Waals surface area contributed by atoms with Gasteiger partial charge in [-0.15, -0.1) is 0 Å². The monoisotopic (exact) mass is 182 g/mol. The van der Waals surface area contributed by atoms with Gasteiger partial charge in [0.1, 0.15) is 12.6 Å². The van der Waals surface area contributed by atoms with Crippen molar-refractivity contribution >= 4 is 12.6 Å². The van der Waals surface area contributed by atoms with E-state index >= 15 is 0 Å². The van der Waals surface area contributed by atoms with Crippen molar-refractivity contribution in [3.63, 3.8) is 0 Å². The van der Waals surface area contributed by atoms with Crippen molar-refractivity contribution in [3.05, 3.63) is 23.3 Å². The first-order valence-corrected chi connectivity index (χ1v) is 4.10. The van der Waals surface area contributed by atoms with Crippen LogP contribution in [0.3, 0.4) is 0 Å². The van der Waals surface area contributed by atoms with Gasteiger partial charge in [-0.1, -0.05) is 11.6 Å². The number of hydrogen-bond acceptors (Lipinski definition) is 3. The predicted molar refractivity (Wildman–Crippen MR) is 50.3 cm³/mol. The summed E-state index contributed by atoms with van der Waals surface area (Å²) in [5.41, 5.74) is 1.35. The number of allylic oxidation sites excluding steroid dienone is 3. The number of aliphatic hydroxyl groups excluding tert-OH is 1. The van der Waals surface area contributed by atoms with Crippen molar-refractivity contribution in [1.82, 2.24) is 0 Å². The highest BCUT2D eigenvalue weighted by molar-refractivity contribution is 5.73. The van der Waals surface area contributed by atoms with Gasteiger partial charge < -0.3 is 5.11 Å². The standard InChI is InChI=1S/C10H14O3/c1-9(5-6-11)3-2-4-10(7-12)8-13/h4-7,13H,2-3,8H2,1H3. The van der Waals surface area contributed by atoms with Crippen molar-refractivity contribution in [2.45, 2.75) is 19.8 Å². The zero-order chi connectivity index (χ0) is 10.1. The van der Waals surface area contributed by atoms with E-state index in [9.17, 15) is 9.59 Å². The normalized spacial score (nSPS) is 12.8. The van der Waals surface area contributed by atoms with Crippen molar-refractivity contribution < 1.29 is 14.7 Å². The maximum atomic E-state index is 10.2. The number of aliphatic hydroxyl groups is 1. The van der Waals surface area contributed by atoms with Crippen LogP contribution in [0.1, 0.15) is 19.8 Å². The molecule has 0 fully saturated rings. The number of carbonyl (C=O) groups is 2. The zero-order valence-electron chi connectivity index (χ0n) is 7.69. The van der Waals surface area contributed by atoms with E-state index in [1.165, 1.54) is 6.08 Å². The molecular formula is C10H14O3. The Morgan fingerprint density at radius 2 is 2.08 bits per heavy atom. The lowest BCUT2D eigenvalue weighted by Crippen LogP contribution is -1.91. The summed E-state index contributed by atoms with van der Waals surface area (Å²) in [6, 6.07) is 0. The first-order valence-electron chi connectivity index (χ1n) is 4.10. The molecule has 0 aliphatic carbocycles. The van der Waals surface area contributed by atoms with Crippen LogP contribution in [0.4, 0.5) is 0 Å². The Bertz CT molecular complexity index is 226. The van der Waals surface area contributed by atoms with Crippen molar-refractivity contribution in [3.8, 4) is 0 Å². The van der Waals surface area contributed by atoms with Gasteiger partial charge in [0, 0.05) is 5.57 Å². The summed E-state index contributed by atoms with van der Waals surface area (Å²) >= 11 is 0. The average molecular weight is 182 g/mol. The van der Waals surface area contributed by atoms with Gasteiger partial charge in [-0.25, -0.2) is 0 Å². The van der Waals surface area contributed by atoms with E-state index in [4.69, 9.17) is 5.11 Å². The summed E-state index contributed by atoms with van der Waals surface area (Å²) in [6.45, 7) is 1.63. The van der Waals surface area contributed by atoms with Crippen molar-refractivity contribution in [1.29, 1.82) is 0 Å². The molecule has 0 rings (SSSR count). The molecule has 3 heteroatoms. The smallest absolute Gasteiger partial charge is 0.148 e. The fourth-order valence-electron chi connectivity index (χ4n) is 0.835. The van der Waals surface area contributed by atoms with E-state index < -0.39 is 0 Å². The molecule has 0 aromatic heterocycles. The molecule has 0 saturated heterocycles. The molecule has 0 atom stereocenters. The molecule has 0 bridgehead atoms. The fraction of sp³-hybridized carbons (Fsp3) is 0.400. The minimum absolute atomic E-state index is 0.222. The van der Waals surface area contributed by atoms with E-state index in [0.29, 0.717) is 18.3 Å². The lowest BCUT2D eigenvalue weighted by atomic mass is 10.1. The summed E-state index contributed by atoms with van der Waals surface area (Å²) in [5.74, 6) is 0. The Balaban J connectivity index is 3.89. The zero-order valence-corrected chi connectivity index (χ0v) is 7.69. The van der Waals surface area contributed by atoms with Crippen LogP contribution in [-0.2, 0) is 9.59 Å². The van der Waals surface area contributed by atoms with Gasteiger partial charge in [0.15, 0.2) is 0 Å². The van der Waals surface area contributed by atoms with Gasteiger partial charge in [0.25, 0.3) is 0 Å². The number of hydrogen-bond donors (Lipinski definition) is 1. The Labute approximate surface area is 77.8 Å². The van der Waals surface area contributed by atoms with E-state index in [1.807, 2.05) is 6.92 Å². The summed E-state index contributed by atoms with van der Waals surface area (Å²) in [4.78, 5) is 20.3. The molecule has 13 heavy (non-hydrogen) atoms. The van der Waals surface area contributed by atoms with Gasteiger partial charge in [-0.2, -0.15) is 0 Å². The molecular weight excluding hydrogens is 168 g/mol. The SMILES string of the molecule is CC(=CC=O)CCC=C(C=O)CO. The maximum Gasteiger partial charge on any atom is 0.148 e. The molecule has 0 heterocycles. The van der Waals surface area contributed by atoms with E-state index in [0.717, 1.165) is 18.3 Å². The molecule has 0 spiro atoms. The quantitative estimate of drug-likeness (QED) is 0.493. The second kappa shape index (κ2) is 7.43. The molecule has 0 aromatic rings. The molecule has 0 aliphatic heterocycles. The van der Waals surface area contributed by atoms with E-state index in [2.05, 4.69) is 0 Å². The van der Waals surface area contributed by atoms with Gasteiger partial charge in [0.2, 0.25) is 0 Å². The van der Waals surface area contributed by atoms with Crippen LogP contribution in [0.5, 0.6) is 0 Å². The van der Waals surface area contributed by atoms with Crippen molar-refractivity contribution in [2.24, 2.45) is 0 Å². The molecule has 0 unspecified atom stereocenters. The number of carbonyl (C=O) groups excluding carboxylic acids is 2. The minimum atomic E-state index is -0.222. The average Bonchev–Trinajstić information content (AvgIpc) is 2.13. The fourth-order valence-corrected chi connectivity index (χ4v) is 0.835. The van der Waals surface area contributed by atoms with Crippen LogP contribution < -0.4 is 0 Å². The Hall–Kier alpha value is -1.22. The summed E-state index contributed by atoms with van der Waals surface area (Å²) < 4.78 is 0. The lowest BCUT2D eigenvalue weighted by Gasteiger charge is -1.96. The van der Waals surface area contributed by atoms with Gasteiger partial charge in [0.05, 0.1) is 6.61 Å². The van der Waals surface area contributed by atoms with Crippen LogP contribution in [0.15, 0.2) is 23.3 Å². The first-order chi connectivity index (χ1) is 6.24. The topological polar surface area (TPSA) is 54.4 Å². The third kappa shape index (κ3) is 5.99. The number of aldehydes is 2. The van der Waals surface area contributed by atoms with E-state index in [1.54, 1.807) is 6.08 Å². The highest BCUT2D eigenvalue weighted by Crippen LogP contribution is 2.04. The number of rotatable bonds is 6. The van der Waals surface area contributed by atoms with Gasteiger partial charge >= 0.3 is 0 Å². The van der Waals surface area contributed by atoms with E-state index in [-0.39, 0.29) is 6.61 Å².